The summed E-state index contributed by atoms with van der Waals surface area (Å²) < 4.78 is 2.66. The summed E-state index contributed by atoms with van der Waals surface area (Å²) in [6.45, 7) is 2.86. The number of para-hydroxylation sites is 1. The van der Waals surface area contributed by atoms with Crippen molar-refractivity contribution >= 4 is 26.8 Å². The zero-order valence-corrected chi connectivity index (χ0v) is 13.3. The van der Waals surface area contributed by atoms with Crippen LogP contribution in [0.1, 0.15) is 30.7 Å². The number of aromatic nitrogens is 3. The maximum absolute atomic E-state index is 10.8. The van der Waals surface area contributed by atoms with Crippen LogP contribution in [0.4, 0.5) is 0 Å². The Kier molecular flexibility index (Phi) is 4.03. The molecule has 0 saturated heterocycles. The first-order chi connectivity index (χ1) is 10.2. The molecule has 1 atom stereocenters. The molecule has 0 fully saturated rings. The van der Waals surface area contributed by atoms with Gasteiger partial charge >= 0.3 is 0 Å². The lowest BCUT2D eigenvalue weighted by molar-refractivity contribution is 0.208. The first-order valence-electron chi connectivity index (χ1n) is 6.95. The molecule has 0 aliphatic carbocycles. The van der Waals surface area contributed by atoms with Crippen LogP contribution in [0.3, 0.4) is 0 Å². The van der Waals surface area contributed by atoms with Gasteiger partial charge in [0.25, 0.3) is 0 Å². The standard InChI is InChI=1S/C16H16BrN3O/c1-2-9-20-15(13(17)10-19-20)16(21)12-7-3-5-11-6-4-8-18-14(11)12/h3-8,10,16,21H,2,9H2,1H3. The number of aliphatic hydroxyl groups is 1. The van der Waals surface area contributed by atoms with Gasteiger partial charge in [-0.05, 0) is 28.4 Å². The number of halogens is 1. The largest absolute Gasteiger partial charge is 0.382 e. The van der Waals surface area contributed by atoms with Gasteiger partial charge in [0.2, 0.25) is 0 Å². The Labute approximate surface area is 131 Å². The highest BCUT2D eigenvalue weighted by atomic mass is 79.9. The predicted octanol–water partition coefficient (Wildman–Crippen LogP) is 3.69. The van der Waals surface area contributed by atoms with Crippen LogP contribution in [0.25, 0.3) is 10.9 Å². The molecule has 0 aliphatic rings. The molecule has 5 heteroatoms. The first-order valence-corrected chi connectivity index (χ1v) is 7.74. The maximum atomic E-state index is 10.8. The third-order valence-corrected chi connectivity index (χ3v) is 4.10. The number of fused-ring (bicyclic) bond motifs is 1. The van der Waals surface area contributed by atoms with Gasteiger partial charge in [-0.25, -0.2) is 0 Å². The van der Waals surface area contributed by atoms with Crippen molar-refractivity contribution in [3.63, 3.8) is 0 Å². The number of aryl methyl sites for hydroxylation is 1. The summed E-state index contributed by atoms with van der Waals surface area (Å²) >= 11 is 3.49. The van der Waals surface area contributed by atoms with Crippen molar-refractivity contribution < 1.29 is 5.11 Å². The number of hydrogen-bond acceptors (Lipinski definition) is 3. The maximum Gasteiger partial charge on any atom is 0.124 e. The van der Waals surface area contributed by atoms with Gasteiger partial charge in [-0.2, -0.15) is 5.10 Å². The summed E-state index contributed by atoms with van der Waals surface area (Å²) in [5, 5.41) is 16.2. The highest BCUT2D eigenvalue weighted by Gasteiger charge is 2.21. The van der Waals surface area contributed by atoms with Gasteiger partial charge in [0.05, 0.1) is 21.9 Å². The van der Waals surface area contributed by atoms with Crippen molar-refractivity contribution in [1.29, 1.82) is 0 Å². The van der Waals surface area contributed by atoms with Gasteiger partial charge in [0.15, 0.2) is 0 Å². The molecule has 1 aromatic carbocycles. The van der Waals surface area contributed by atoms with Crippen LogP contribution in [0.15, 0.2) is 47.2 Å². The molecule has 0 amide bonds. The summed E-state index contributed by atoms with van der Waals surface area (Å²) in [5.41, 5.74) is 2.39. The van der Waals surface area contributed by atoms with Crippen molar-refractivity contribution in [3.8, 4) is 0 Å². The van der Waals surface area contributed by atoms with E-state index in [2.05, 4.69) is 32.9 Å². The zero-order valence-electron chi connectivity index (χ0n) is 11.7. The number of rotatable bonds is 4. The van der Waals surface area contributed by atoms with Crippen molar-refractivity contribution in [2.75, 3.05) is 0 Å². The molecule has 108 valence electrons. The van der Waals surface area contributed by atoms with Crippen LogP contribution in [-0.4, -0.2) is 19.9 Å². The lowest BCUT2D eigenvalue weighted by Gasteiger charge is -2.15. The van der Waals surface area contributed by atoms with Crippen molar-refractivity contribution in [2.24, 2.45) is 0 Å². The van der Waals surface area contributed by atoms with E-state index in [1.54, 1.807) is 12.4 Å². The molecule has 1 N–H and O–H groups in total. The van der Waals surface area contributed by atoms with Gasteiger partial charge < -0.3 is 5.11 Å². The molecule has 0 spiro atoms. The van der Waals surface area contributed by atoms with Crippen LogP contribution in [0, 0.1) is 0 Å². The average Bonchev–Trinajstić information content (AvgIpc) is 2.87. The molecule has 0 saturated carbocycles. The van der Waals surface area contributed by atoms with E-state index in [1.165, 1.54) is 0 Å². The molecule has 1 unspecified atom stereocenters. The fourth-order valence-electron chi connectivity index (χ4n) is 2.53. The fraction of sp³-hybridized carbons (Fsp3) is 0.250. The highest BCUT2D eigenvalue weighted by Crippen LogP contribution is 2.31. The van der Waals surface area contributed by atoms with Gasteiger partial charge in [0.1, 0.15) is 6.10 Å². The lowest BCUT2D eigenvalue weighted by Crippen LogP contribution is -2.11. The summed E-state index contributed by atoms with van der Waals surface area (Å²) in [4.78, 5) is 4.41. The van der Waals surface area contributed by atoms with E-state index in [4.69, 9.17) is 0 Å². The monoisotopic (exact) mass is 345 g/mol. The van der Waals surface area contributed by atoms with E-state index >= 15 is 0 Å². The van der Waals surface area contributed by atoms with Crippen molar-refractivity contribution in [1.82, 2.24) is 14.8 Å². The van der Waals surface area contributed by atoms with E-state index in [0.717, 1.165) is 39.6 Å². The molecular formula is C16H16BrN3O. The topological polar surface area (TPSA) is 50.9 Å². The molecule has 3 aromatic rings. The highest BCUT2D eigenvalue weighted by molar-refractivity contribution is 9.10. The Morgan fingerprint density at radius 3 is 2.90 bits per heavy atom. The second-order valence-corrected chi connectivity index (χ2v) is 5.78. The molecule has 0 radical (unpaired) electrons. The smallest absolute Gasteiger partial charge is 0.124 e. The Balaban J connectivity index is 2.13. The minimum Gasteiger partial charge on any atom is -0.382 e. The Morgan fingerprint density at radius 2 is 2.10 bits per heavy atom. The van der Waals surface area contributed by atoms with E-state index in [-0.39, 0.29) is 0 Å². The lowest BCUT2D eigenvalue weighted by atomic mass is 10.0. The van der Waals surface area contributed by atoms with E-state index < -0.39 is 6.10 Å². The fourth-order valence-corrected chi connectivity index (χ4v) is 3.04. The summed E-state index contributed by atoms with van der Waals surface area (Å²) in [6.07, 6.45) is 3.68. The normalized spacial score (nSPS) is 12.7. The van der Waals surface area contributed by atoms with E-state index in [0.29, 0.717) is 0 Å². The number of hydrogen-bond donors (Lipinski definition) is 1. The quantitative estimate of drug-likeness (QED) is 0.784. The minimum atomic E-state index is -0.757. The van der Waals surface area contributed by atoms with Crippen molar-refractivity contribution in [2.45, 2.75) is 26.0 Å². The molecule has 0 bridgehead atoms. The van der Waals surface area contributed by atoms with Gasteiger partial charge in [-0.15, -0.1) is 0 Å². The molecule has 2 heterocycles. The van der Waals surface area contributed by atoms with E-state index in [1.807, 2.05) is 35.0 Å². The average molecular weight is 346 g/mol. The number of benzene rings is 1. The Bertz CT molecular complexity index is 764. The van der Waals surface area contributed by atoms with Crippen LogP contribution >= 0.6 is 15.9 Å². The van der Waals surface area contributed by atoms with Gasteiger partial charge in [-0.1, -0.05) is 31.2 Å². The molecule has 3 rings (SSSR count). The van der Waals surface area contributed by atoms with Crippen molar-refractivity contribution in [3.05, 3.63) is 58.5 Å². The number of nitrogens with zero attached hydrogens (tertiary/aromatic N) is 3. The SMILES string of the molecule is CCCn1ncc(Br)c1C(O)c1cccc2cccnc12. The summed E-state index contributed by atoms with van der Waals surface area (Å²) in [6, 6.07) is 9.75. The summed E-state index contributed by atoms with van der Waals surface area (Å²) in [5.74, 6) is 0. The second-order valence-electron chi connectivity index (χ2n) is 4.93. The van der Waals surface area contributed by atoms with Gasteiger partial charge in [0, 0.05) is 23.7 Å². The Morgan fingerprint density at radius 1 is 1.29 bits per heavy atom. The van der Waals surface area contributed by atoms with Crippen LogP contribution in [0.2, 0.25) is 0 Å². The molecular weight excluding hydrogens is 330 g/mol. The van der Waals surface area contributed by atoms with E-state index in [9.17, 15) is 5.11 Å². The van der Waals surface area contributed by atoms with Crippen LogP contribution in [0.5, 0.6) is 0 Å². The van der Waals surface area contributed by atoms with Crippen LogP contribution in [-0.2, 0) is 6.54 Å². The first kappa shape index (κ1) is 14.2. The third-order valence-electron chi connectivity index (χ3n) is 3.49. The minimum absolute atomic E-state index is 0.757. The molecule has 4 nitrogen and oxygen atoms in total. The number of pyridine rings is 1. The predicted molar refractivity (Wildman–Crippen MR) is 86.0 cm³/mol. The number of aliphatic hydroxyl groups excluding tert-OH is 1. The van der Waals surface area contributed by atoms with Gasteiger partial charge in [-0.3, -0.25) is 9.67 Å². The third kappa shape index (κ3) is 2.59. The zero-order chi connectivity index (χ0) is 14.8. The summed E-state index contributed by atoms with van der Waals surface area (Å²) in [7, 11) is 0. The Hall–Kier alpha value is -1.72. The molecule has 0 aliphatic heterocycles. The molecule has 21 heavy (non-hydrogen) atoms. The van der Waals surface area contributed by atoms with Crippen LogP contribution < -0.4 is 0 Å². The molecule has 2 aromatic heterocycles. The second kappa shape index (κ2) is 5.95.